The molecule has 2 aromatic rings. The highest BCUT2D eigenvalue weighted by Gasteiger charge is 2.17. The first-order valence-corrected chi connectivity index (χ1v) is 5.45. The van der Waals surface area contributed by atoms with Crippen molar-refractivity contribution in [3.05, 3.63) is 64.4 Å². The molecule has 0 radical (unpaired) electrons. The van der Waals surface area contributed by atoms with Crippen LogP contribution in [-0.2, 0) is 0 Å². The number of halogens is 2. The second-order valence-corrected chi connectivity index (χ2v) is 4.13. The first-order valence-electron chi connectivity index (χ1n) is 5.07. The van der Waals surface area contributed by atoms with Gasteiger partial charge < -0.3 is 10.8 Å². The highest BCUT2D eigenvalue weighted by atomic mass is 35.5. The van der Waals surface area contributed by atoms with Crippen LogP contribution in [0.25, 0.3) is 0 Å². The lowest BCUT2D eigenvalue weighted by Gasteiger charge is -2.14. The van der Waals surface area contributed by atoms with Crippen LogP contribution in [0.3, 0.4) is 0 Å². The molecule has 0 spiro atoms. The predicted octanol–water partition coefficient (Wildman–Crippen LogP) is 3.14. The van der Waals surface area contributed by atoms with Gasteiger partial charge in [-0.2, -0.15) is 0 Å². The summed E-state index contributed by atoms with van der Waals surface area (Å²) in [5.41, 5.74) is 6.70. The summed E-state index contributed by atoms with van der Waals surface area (Å²) >= 11 is 5.83. The fourth-order valence-electron chi connectivity index (χ4n) is 1.65. The van der Waals surface area contributed by atoms with Crippen molar-refractivity contribution >= 4 is 17.3 Å². The lowest BCUT2D eigenvalue weighted by atomic mass is 10.00. The average Bonchev–Trinajstić information content (AvgIpc) is 2.32. The van der Waals surface area contributed by atoms with Crippen molar-refractivity contribution in [3.63, 3.8) is 0 Å². The molecular weight excluding hydrogens is 241 g/mol. The van der Waals surface area contributed by atoms with E-state index in [9.17, 15) is 9.50 Å². The SMILES string of the molecule is Nc1ccc(Cl)cc1[C@@H](O)c1ccccc1F. The van der Waals surface area contributed by atoms with E-state index in [2.05, 4.69) is 0 Å². The van der Waals surface area contributed by atoms with Crippen LogP contribution < -0.4 is 5.73 Å². The third-order valence-corrected chi connectivity index (χ3v) is 2.78. The topological polar surface area (TPSA) is 46.2 Å². The van der Waals surface area contributed by atoms with Crippen molar-refractivity contribution in [2.45, 2.75) is 6.10 Å². The Bertz CT molecular complexity index is 545. The standard InChI is InChI=1S/C13H11ClFNO/c14-8-5-6-12(16)10(7-8)13(17)9-3-1-2-4-11(9)15/h1-7,13,17H,16H2/t13-/m0/s1. The maximum absolute atomic E-state index is 13.5. The molecule has 0 amide bonds. The molecule has 2 rings (SSSR count). The van der Waals surface area contributed by atoms with Gasteiger partial charge in [0.2, 0.25) is 0 Å². The van der Waals surface area contributed by atoms with Gasteiger partial charge in [-0.1, -0.05) is 29.8 Å². The third kappa shape index (κ3) is 2.40. The molecule has 17 heavy (non-hydrogen) atoms. The molecule has 0 saturated carbocycles. The van der Waals surface area contributed by atoms with E-state index in [-0.39, 0.29) is 5.56 Å². The number of hydrogen-bond donors (Lipinski definition) is 2. The van der Waals surface area contributed by atoms with E-state index in [4.69, 9.17) is 17.3 Å². The zero-order valence-electron chi connectivity index (χ0n) is 8.90. The molecule has 0 aliphatic carbocycles. The quantitative estimate of drug-likeness (QED) is 0.806. The van der Waals surface area contributed by atoms with Crippen molar-refractivity contribution in [1.29, 1.82) is 0 Å². The zero-order chi connectivity index (χ0) is 12.4. The van der Waals surface area contributed by atoms with Crippen LogP contribution in [0.5, 0.6) is 0 Å². The summed E-state index contributed by atoms with van der Waals surface area (Å²) in [6, 6.07) is 10.8. The fourth-order valence-corrected chi connectivity index (χ4v) is 1.83. The van der Waals surface area contributed by atoms with Gasteiger partial charge in [0.1, 0.15) is 11.9 Å². The molecule has 1 atom stereocenters. The van der Waals surface area contributed by atoms with E-state index in [0.29, 0.717) is 16.3 Å². The lowest BCUT2D eigenvalue weighted by Crippen LogP contribution is -2.05. The Morgan fingerprint density at radius 2 is 1.82 bits per heavy atom. The summed E-state index contributed by atoms with van der Waals surface area (Å²) in [6.45, 7) is 0. The fraction of sp³-hybridized carbons (Fsp3) is 0.0769. The van der Waals surface area contributed by atoms with Gasteiger partial charge in [0.05, 0.1) is 0 Å². The van der Waals surface area contributed by atoms with Crippen molar-refractivity contribution in [1.82, 2.24) is 0 Å². The van der Waals surface area contributed by atoms with Crippen LogP contribution in [-0.4, -0.2) is 5.11 Å². The van der Waals surface area contributed by atoms with Gasteiger partial charge in [-0.15, -0.1) is 0 Å². The van der Waals surface area contributed by atoms with Crippen LogP contribution in [0.2, 0.25) is 5.02 Å². The first kappa shape index (κ1) is 11.9. The number of aliphatic hydroxyl groups excluding tert-OH is 1. The molecule has 0 fully saturated rings. The molecule has 0 bridgehead atoms. The summed E-state index contributed by atoms with van der Waals surface area (Å²) in [5, 5.41) is 10.5. The Morgan fingerprint density at radius 1 is 1.12 bits per heavy atom. The smallest absolute Gasteiger partial charge is 0.129 e. The molecule has 0 unspecified atom stereocenters. The Morgan fingerprint density at radius 3 is 2.53 bits per heavy atom. The highest BCUT2D eigenvalue weighted by Crippen LogP contribution is 2.30. The van der Waals surface area contributed by atoms with Crippen LogP contribution in [0.15, 0.2) is 42.5 Å². The minimum absolute atomic E-state index is 0.182. The third-order valence-electron chi connectivity index (χ3n) is 2.54. The molecule has 4 heteroatoms. The highest BCUT2D eigenvalue weighted by molar-refractivity contribution is 6.30. The van der Waals surface area contributed by atoms with Crippen molar-refractivity contribution in [2.24, 2.45) is 0 Å². The number of anilines is 1. The van der Waals surface area contributed by atoms with E-state index in [0.717, 1.165) is 0 Å². The molecule has 3 N–H and O–H groups in total. The number of rotatable bonds is 2. The maximum atomic E-state index is 13.5. The number of hydrogen-bond acceptors (Lipinski definition) is 2. The Kier molecular flexibility index (Phi) is 3.31. The minimum atomic E-state index is -1.12. The van der Waals surface area contributed by atoms with Crippen LogP contribution in [0, 0.1) is 5.82 Å². The number of nitrogen functional groups attached to an aromatic ring is 1. The molecule has 2 nitrogen and oxygen atoms in total. The summed E-state index contributed by atoms with van der Waals surface area (Å²) < 4.78 is 13.5. The Hall–Kier alpha value is -1.58. The molecule has 2 aromatic carbocycles. The molecule has 88 valence electrons. The summed E-state index contributed by atoms with van der Waals surface area (Å²) in [5.74, 6) is -0.473. The van der Waals surface area contributed by atoms with Gasteiger partial charge in [0.25, 0.3) is 0 Å². The van der Waals surface area contributed by atoms with Gasteiger partial charge in [-0.25, -0.2) is 4.39 Å². The largest absolute Gasteiger partial charge is 0.398 e. The lowest BCUT2D eigenvalue weighted by molar-refractivity contribution is 0.215. The van der Waals surface area contributed by atoms with Crippen LogP contribution >= 0.6 is 11.6 Å². The molecule has 0 aliphatic rings. The summed E-state index contributed by atoms with van der Waals surface area (Å²) in [7, 11) is 0. The van der Waals surface area contributed by atoms with Gasteiger partial charge in [-0.3, -0.25) is 0 Å². The summed E-state index contributed by atoms with van der Waals surface area (Å²) in [4.78, 5) is 0. The molecule has 0 aliphatic heterocycles. The second-order valence-electron chi connectivity index (χ2n) is 3.70. The molecule has 0 saturated heterocycles. The summed E-state index contributed by atoms with van der Waals surface area (Å²) in [6.07, 6.45) is -1.12. The van der Waals surface area contributed by atoms with Crippen molar-refractivity contribution in [3.8, 4) is 0 Å². The second kappa shape index (κ2) is 4.73. The molecule has 0 heterocycles. The van der Waals surface area contributed by atoms with Gasteiger partial charge in [0.15, 0.2) is 0 Å². The van der Waals surface area contributed by atoms with Gasteiger partial charge >= 0.3 is 0 Å². The van der Waals surface area contributed by atoms with Crippen LogP contribution in [0.1, 0.15) is 17.2 Å². The van der Waals surface area contributed by atoms with Crippen molar-refractivity contribution < 1.29 is 9.50 Å². The Balaban J connectivity index is 2.47. The first-order chi connectivity index (χ1) is 8.09. The minimum Gasteiger partial charge on any atom is -0.398 e. The maximum Gasteiger partial charge on any atom is 0.129 e. The normalized spacial score (nSPS) is 12.4. The van der Waals surface area contributed by atoms with E-state index < -0.39 is 11.9 Å². The average molecular weight is 252 g/mol. The van der Waals surface area contributed by atoms with Crippen molar-refractivity contribution in [2.75, 3.05) is 5.73 Å². The predicted molar refractivity (Wildman–Crippen MR) is 66.3 cm³/mol. The van der Waals surface area contributed by atoms with Gasteiger partial charge in [0, 0.05) is 21.8 Å². The number of benzene rings is 2. The monoisotopic (exact) mass is 251 g/mol. The van der Waals surface area contributed by atoms with E-state index in [1.165, 1.54) is 18.2 Å². The number of aliphatic hydroxyl groups is 1. The van der Waals surface area contributed by atoms with Crippen LogP contribution in [0.4, 0.5) is 10.1 Å². The van der Waals surface area contributed by atoms with E-state index in [1.807, 2.05) is 0 Å². The Labute approximate surface area is 103 Å². The molecule has 0 aromatic heterocycles. The van der Waals surface area contributed by atoms with Gasteiger partial charge in [-0.05, 0) is 24.3 Å². The number of nitrogens with two attached hydrogens (primary N) is 1. The van der Waals surface area contributed by atoms with E-state index in [1.54, 1.807) is 24.3 Å². The molecular formula is C13H11ClFNO. The zero-order valence-corrected chi connectivity index (χ0v) is 9.66. The van der Waals surface area contributed by atoms with E-state index >= 15 is 0 Å².